The average molecular weight is 287 g/mol. The number of aryl methyl sites for hydroxylation is 3. The Morgan fingerprint density at radius 1 is 1.33 bits per heavy atom. The van der Waals surface area contributed by atoms with Crippen molar-refractivity contribution in [2.75, 3.05) is 13.7 Å². The molecule has 5 heteroatoms. The van der Waals surface area contributed by atoms with Gasteiger partial charge in [0.1, 0.15) is 5.75 Å². The molecule has 1 aromatic heterocycles. The molecule has 0 spiro atoms. The number of methoxy groups -OCH3 is 1. The lowest BCUT2D eigenvalue weighted by atomic mass is 10.2. The van der Waals surface area contributed by atoms with Crippen molar-refractivity contribution in [1.29, 1.82) is 0 Å². The van der Waals surface area contributed by atoms with Crippen molar-refractivity contribution in [3.63, 3.8) is 0 Å². The number of amides is 1. The number of benzene rings is 1. The Hall–Kier alpha value is -2.30. The summed E-state index contributed by atoms with van der Waals surface area (Å²) in [6, 6.07) is 9.19. The molecule has 1 heterocycles. The van der Waals surface area contributed by atoms with Crippen molar-refractivity contribution in [3.05, 3.63) is 47.3 Å². The van der Waals surface area contributed by atoms with E-state index in [4.69, 9.17) is 4.74 Å². The van der Waals surface area contributed by atoms with Crippen LogP contribution in [0, 0.1) is 13.8 Å². The van der Waals surface area contributed by atoms with E-state index in [1.807, 2.05) is 30.7 Å². The molecule has 112 valence electrons. The lowest BCUT2D eigenvalue weighted by molar-refractivity contribution is 0.0952. The molecule has 1 N–H and O–H groups in total. The van der Waals surface area contributed by atoms with Crippen LogP contribution in [0.2, 0.25) is 0 Å². The number of rotatable bonds is 6. The van der Waals surface area contributed by atoms with Gasteiger partial charge in [-0.1, -0.05) is 6.07 Å². The second-order valence-corrected chi connectivity index (χ2v) is 4.99. The van der Waals surface area contributed by atoms with Crippen molar-refractivity contribution in [1.82, 2.24) is 15.1 Å². The summed E-state index contributed by atoms with van der Waals surface area (Å²) in [7, 11) is 1.59. The minimum Gasteiger partial charge on any atom is -0.497 e. The molecule has 0 aliphatic heterocycles. The fourth-order valence-corrected chi connectivity index (χ4v) is 2.20. The second kappa shape index (κ2) is 6.92. The van der Waals surface area contributed by atoms with Crippen LogP contribution in [0.5, 0.6) is 5.75 Å². The van der Waals surface area contributed by atoms with Crippen LogP contribution in [0.3, 0.4) is 0 Å². The molecule has 2 rings (SSSR count). The summed E-state index contributed by atoms with van der Waals surface area (Å²) < 4.78 is 7.08. The third-order valence-corrected chi connectivity index (χ3v) is 3.27. The summed E-state index contributed by atoms with van der Waals surface area (Å²) in [5.74, 6) is 0.604. The number of carbonyl (C=O) groups excluding carboxylic acids is 1. The molecule has 0 aliphatic rings. The minimum atomic E-state index is -0.0812. The molecule has 0 fully saturated rings. The first-order chi connectivity index (χ1) is 10.1. The molecule has 0 unspecified atom stereocenters. The van der Waals surface area contributed by atoms with E-state index in [1.165, 1.54) is 0 Å². The lowest BCUT2D eigenvalue weighted by Gasteiger charge is -2.07. The Morgan fingerprint density at radius 3 is 2.81 bits per heavy atom. The third kappa shape index (κ3) is 4.08. The van der Waals surface area contributed by atoms with Crippen LogP contribution in [-0.4, -0.2) is 29.3 Å². The van der Waals surface area contributed by atoms with E-state index in [0.29, 0.717) is 17.9 Å². The molecule has 0 radical (unpaired) electrons. The molecule has 0 bridgehead atoms. The van der Waals surface area contributed by atoms with Gasteiger partial charge < -0.3 is 10.1 Å². The molecule has 0 saturated heterocycles. The normalized spacial score (nSPS) is 10.4. The van der Waals surface area contributed by atoms with Gasteiger partial charge in [-0.15, -0.1) is 0 Å². The maximum absolute atomic E-state index is 12.0. The molecule has 1 amide bonds. The summed E-state index contributed by atoms with van der Waals surface area (Å²) in [4.78, 5) is 12.0. The third-order valence-electron chi connectivity index (χ3n) is 3.27. The zero-order valence-electron chi connectivity index (χ0n) is 12.7. The van der Waals surface area contributed by atoms with Gasteiger partial charge in [-0.3, -0.25) is 9.48 Å². The van der Waals surface area contributed by atoms with E-state index in [9.17, 15) is 4.79 Å². The van der Waals surface area contributed by atoms with Crippen LogP contribution >= 0.6 is 0 Å². The molecule has 0 atom stereocenters. The molecule has 0 saturated carbocycles. The number of hydrogen-bond donors (Lipinski definition) is 1. The number of aromatic nitrogens is 2. The fourth-order valence-electron chi connectivity index (χ4n) is 2.20. The van der Waals surface area contributed by atoms with Crippen LogP contribution in [-0.2, 0) is 6.54 Å². The van der Waals surface area contributed by atoms with Crippen molar-refractivity contribution in [3.8, 4) is 5.75 Å². The molecule has 5 nitrogen and oxygen atoms in total. The second-order valence-electron chi connectivity index (χ2n) is 4.99. The molecule has 2 aromatic rings. The molecular formula is C16H21N3O2. The smallest absolute Gasteiger partial charge is 0.251 e. The molecule has 0 aliphatic carbocycles. The highest BCUT2D eigenvalue weighted by molar-refractivity contribution is 5.94. The van der Waals surface area contributed by atoms with Gasteiger partial charge in [0.15, 0.2) is 0 Å². The largest absolute Gasteiger partial charge is 0.497 e. The van der Waals surface area contributed by atoms with Crippen LogP contribution < -0.4 is 10.1 Å². The zero-order valence-corrected chi connectivity index (χ0v) is 12.7. The van der Waals surface area contributed by atoms with Crippen LogP contribution in [0.4, 0.5) is 0 Å². The Labute approximate surface area is 124 Å². The van der Waals surface area contributed by atoms with E-state index < -0.39 is 0 Å². The Bertz CT molecular complexity index is 620. The Morgan fingerprint density at radius 2 is 2.14 bits per heavy atom. The first-order valence-electron chi connectivity index (χ1n) is 7.03. The van der Waals surface area contributed by atoms with Crippen LogP contribution in [0.15, 0.2) is 30.3 Å². The van der Waals surface area contributed by atoms with E-state index in [-0.39, 0.29) is 5.91 Å². The van der Waals surface area contributed by atoms with Gasteiger partial charge in [0.05, 0.1) is 12.8 Å². The van der Waals surface area contributed by atoms with E-state index in [0.717, 1.165) is 24.4 Å². The summed E-state index contributed by atoms with van der Waals surface area (Å²) in [5, 5.41) is 7.31. The Balaban J connectivity index is 1.80. The summed E-state index contributed by atoms with van der Waals surface area (Å²) in [5.41, 5.74) is 2.78. The van der Waals surface area contributed by atoms with E-state index >= 15 is 0 Å². The van der Waals surface area contributed by atoms with Crippen LogP contribution in [0.25, 0.3) is 0 Å². The standard InChI is InChI=1S/C16H21N3O2/c1-12-10-13(2)19(18-12)9-5-8-17-16(20)14-6-4-7-15(11-14)21-3/h4,6-7,10-11H,5,8-9H2,1-3H3,(H,17,20). The van der Waals surface area contributed by atoms with Gasteiger partial charge in [0.25, 0.3) is 5.91 Å². The summed E-state index contributed by atoms with van der Waals surface area (Å²) in [6.07, 6.45) is 0.845. The zero-order chi connectivity index (χ0) is 15.2. The number of hydrogen-bond acceptors (Lipinski definition) is 3. The van der Waals surface area contributed by atoms with Gasteiger partial charge in [0, 0.05) is 24.3 Å². The highest BCUT2D eigenvalue weighted by Crippen LogP contribution is 2.12. The maximum atomic E-state index is 12.0. The van der Waals surface area contributed by atoms with Gasteiger partial charge >= 0.3 is 0 Å². The highest BCUT2D eigenvalue weighted by atomic mass is 16.5. The maximum Gasteiger partial charge on any atom is 0.251 e. The lowest BCUT2D eigenvalue weighted by Crippen LogP contribution is -2.25. The van der Waals surface area contributed by atoms with Crippen LogP contribution in [0.1, 0.15) is 28.2 Å². The summed E-state index contributed by atoms with van der Waals surface area (Å²) >= 11 is 0. The average Bonchev–Trinajstić information content (AvgIpc) is 2.81. The first kappa shape index (κ1) is 15.1. The van der Waals surface area contributed by atoms with Crippen molar-refractivity contribution >= 4 is 5.91 Å². The molecular weight excluding hydrogens is 266 g/mol. The Kier molecular flexibility index (Phi) is 4.98. The number of nitrogens with one attached hydrogen (secondary N) is 1. The van der Waals surface area contributed by atoms with E-state index in [1.54, 1.807) is 19.2 Å². The number of carbonyl (C=O) groups is 1. The van der Waals surface area contributed by atoms with Crippen molar-refractivity contribution in [2.45, 2.75) is 26.8 Å². The van der Waals surface area contributed by atoms with Gasteiger partial charge in [0.2, 0.25) is 0 Å². The quantitative estimate of drug-likeness (QED) is 0.830. The predicted octanol–water partition coefficient (Wildman–Crippen LogP) is 2.33. The number of ether oxygens (including phenoxy) is 1. The van der Waals surface area contributed by atoms with E-state index in [2.05, 4.69) is 16.5 Å². The first-order valence-corrected chi connectivity index (χ1v) is 7.03. The van der Waals surface area contributed by atoms with Crippen molar-refractivity contribution < 1.29 is 9.53 Å². The highest BCUT2D eigenvalue weighted by Gasteiger charge is 2.06. The van der Waals surface area contributed by atoms with Gasteiger partial charge in [-0.25, -0.2) is 0 Å². The number of nitrogens with zero attached hydrogens (tertiary/aromatic N) is 2. The predicted molar refractivity (Wildman–Crippen MR) is 81.6 cm³/mol. The monoisotopic (exact) mass is 287 g/mol. The van der Waals surface area contributed by atoms with Crippen molar-refractivity contribution in [2.24, 2.45) is 0 Å². The van der Waals surface area contributed by atoms with Gasteiger partial charge in [-0.2, -0.15) is 5.10 Å². The minimum absolute atomic E-state index is 0.0812. The molecule has 21 heavy (non-hydrogen) atoms. The summed E-state index contributed by atoms with van der Waals surface area (Å²) in [6.45, 7) is 5.44. The van der Waals surface area contributed by atoms with Gasteiger partial charge in [-0.05, 0) is 44.5 Å². The SMILES string of the molecule is COc1cccc(C(=O)NCCCn2nc(C)cc2C)c1. The fraction of sp³-hybridized carbons (Fsp3) is 0.375. The molecule has 1 aromatic carbocycles. The topological polar surface area (TPSA) is 56.1 Å².